The number of urea groups is 1. The number of nitrogens with one attached hydrogen (secondary N) is 2. The molecule has 0 fully saturated rings. The molecule has 7 heteroatoms. The summed E-state index contributed by atoms with van der Waals surface area (Å²) in [5.41, 5.74) is 1.25. The van der Waals surface area contributed by atoms with Crippen LogP contribution in [-0.4, -0.2) is 32.4 Å². The smallest absolute Gasteiger partial charge is 0.319 e. The summed E-state index contributed by atoms with van der Waals surface area (Å²) < 4.78 is 22.8. The van der Waals surface area contributed by atoms with E-state index in [0.717, 1.165) is 11.8 Å². The number of benzene rings is 2. The SMILES string of the molecule is CS(=O)(=O)c1ccc(NC(=O)N[C@H](CO)c2ccccc2)cc1. The van der Waals surface area contributed by atoms with Gasteiger partial charge in [-0.3, -0.25) is 0 Å². The minimum absolute atomic E-state index is 0.181. The molecule has 2 aromatic carbocycles. The number of sulfone groups is 1. The number of aliphatic hydroxyl groups is 1. The zero-order chi connectivity index (χ0) is 16.9. The molecular weight excluding hydrogens is 316 g/mol. The molecule has 0 heterocycles. The van der Waals surface area contributed by atoms with E-state index in [1.54, 1.807) is 0 Å². The van der Waals surface area contributed by atoms with Gasteiger partial charge in [-0.2, -0.15) is 0 Å². The maximum absolute atomic E-state index is 12.0. The molecule has 0 unspecified atom stereocenters. The van der Waals surface area contributed by atoms with Crippen LogP contribution in [-0.2, 0) is 9.84 Å². The van der Waals surface area contributed by atoms with E-state index < -0.39 is 21.9 Å². The quantitative estimate of drug-likeness (QED) is 0.779. The number of hydrogen-bond acceptors (Lipinski definition) is 4. The van der Waals surface area contributed by atoms with Crippen LogP contribution >= 0.6 is 0 Å². The third kappa shape index (κ3) is 4.80. The van der Waals surface area contributed by atoms with Crippen molar-refractivity contribution < 1.29 is 18.3 Å². The van der Waals surface area contributed by atoms with Crippen molar-refractivity contribution in [3.8, 4) is 0 Å². The van der Waals surface area contributed by atoms with E-state index in [1.807, 2.05) is 30.3 Å². The summed E-state index contributed by atoms with van der Waals surface area (Å²) in [6, 6.07) is 14.0. The van der Waals surface area contributed by atoms with Gasteiger partial charge in [0.1, 0.15) is 0 Å². The summed E-state index contributed by atoms with van der Waals surface area (Å²) >= 11 is 0. The molecule has 0 radical (unpaired) electrons. The average Bonchev–Trinajstić information content (AvgIpc) is 2.53. The van der Waals surface area contributed by atoms with E-state index in [4.69, 9.17) is 0 Å². The number of rotatable bonds is 5. The number of amides is 2. The Kier molecular flexibility index (Phi) is 5.36. The van der Waals surface area contributed by atoms with Gasteiger partial charge in [-0.05, 0) is 29.8 Å². The Hall–Kier alpha value is -2.38. The Labute approximate surface area is 135 Å². The lowest BCUT2D eigenvalue weighted by Gasteiger charge is -2.17. The van der Waals surface area contributed by atoms with Gasteiger partial charge < -0.3 is 15.7 Å². The molecule has 2 amide bonds. The first kappa shape index (κ1) is 17.0. The molecule has 1 atom stereocenters. The van der Waals surface area contributed by atoms with Crippen LogP contribution in [0.5, 0.6) is 0 Å². The molecule has 3 N–H and O–H groups in total. The van der Waals surface area contributed by atoms with Crippen LogP contribution in [0.3, 0.4) is 0 Å². The van der Waals surface area contributed by atoms with E-state index in [2.05, 4.69) is 10.6 Å². The third-order valence-corrected chi connectivity index (χ3v) is 4.36. The van der Waals surface area contributed by atoms with Gasteiger partial charge in [0.15, 0.2) is 9.84 Å². The maximum Gasteiger partial charge on any atom is 0.319 e. The normalized spacial score (nSPS) is 12.4. The molecule has 0 aliphatic heterocycles. The second-order valence-corrected chi connectivity index (χ2v) is 7.06. The number of anilines is 1. The zero-order valence-electron chi connectivity index (χ0n) is 12.6. The summed E-state index contributed by atoms with van der Waals surface area (Å²) in [6.45, 7) is -0.232. The number of carbonyl (C=O) groups is 1. The standard InChI is InChI=1S/C16H18N2O4S/c1-23(21,22)14-9-7-13(8-10-14)17-16(20)18-15(11-19)12-5-3-2-4-6-12/h2-10,15,19H,11H2,1H3,(H2,17,18,20)/t15-/m1/s1. The first-order valence-corrected chi connectivity index (χ1v) is 8.83. The maximum atomic E-state index is 12.0. The van der Waals surface area contributed by atoms with Gasteiger partial charge in [-0.1, -0.05) is 30.3 Å². The highest BCUT2D eigenvalue weighted by molar-refractivity contribution is 7.90. The Balaban J connectivity index is 2.01. The predicted molar refractivity (Wildman–Crippen MR) is 88.0 cm³/mol. The highest BCUT2D eigenvalue weighted by Crippen LogP contribution is 2.15. The molecule has 2 rings (SSSR count). The molecular formula is C16H18N2O4S. The minimum Gasteiger partial charge on any atom is -0.394 e. The summed E-state index contributed by atoms with van der Waals surface area (Å²) in [5, 5.41) is 14.7. The second-order valence-electron chi connectivity index (χ2n) is 5.04. The van der Waals surface area contributed by atoms with Crippen LogP contribution in [0.15, 0.2) is 59.5 Å². The average molecular weight is 334 g/mol. The van der Waals surface area contributed by atoms with Crippen LogP contribution in [0, 0.1) is 0 Å². The van der Waals surface area contributed by atoms with E-state index in [9.17, 15) is 18.3 Å². The summed E-state index contributed by atoms with van der Waals surface area (Å²) in [5.74, 6) is 0. The van der Waals surface area contributed by atoms with E-state index in [1.165, 1.54) is 24.3 Å². The van der Waals surface area contributed by atoms with Gasteiger partial charge >= 0.3 is 6.03 Å². The van der Waals surface area contributed by atoms with Gasteiger partial charge in [0.25, 0.3) is 0 Å². The van der Waals surface area contributed by atoms with Crippen LogP contribution in [0.4, 0.5) is 10.5 Å². The molecule has 0 bridgehead atoms. The molecule has 0 aromatic heterocycles. The summed E-state index contributed by atoms with van der Waals surface area (Å²) in [6.07, 6.45) is 1.12. The fraction of sp³-hybridized carbons (Fsp3) is 0.188. The van der Waals surface area contributed by atoms with Crippen molar-refractivity contribution in [2.75, 3.05) is 18.2 Å². The number of hydrogen-bond donors (Lipinski definition) is 3. The number of carbonyl (C=O) groups excluding carboxylic acids is 1. The zero-order valence-corrected chi connectivity index (χ0v) is 13.4. The van der Waals surface area contributed by atoms with Crippen LogP contribution in [0.2, 0.25) is 0 Å². The lowest BCUT2D eigenvalue weighted by Crippen LogP contribution is -2.34. The minimum atomic E-state index is -3.27. The largest absolute Gasteiger partial charge is 0.394 e. The van der Waals surface area contributed by atoms with Crippen molar-refractivity contribution in [3.05, 3.63) is 60.2 Å². The van der Waals surface area contributed by atoms with E-state index >= 15 is 0 Å². The summed E-state index contributed by atoms with van der Waals surface area (Å²) in [7, 11) is -3.27. The molecule has 122 valence electrons. The first-order valence-electron chi connectivity index (χ1n) is 6.93. The fourth-order valence-electron chi connectivity index (χ4n) is 2.03. The molecule has 0 aliphatic rings. The van der Waals surface area contributed by atoms with Gasteiger partial charge in [0, 0.05) is 11.9 Å². The van der Waals surface area contributed by atoms with Crippen molar-refractivity contribution in [1.29, 1.82) is 0 Å². The van der Waals surface area contributed by atoms with Crippen LogP contribution < -0.4 is 10.6 Å². The first-order chi connectivity index (χ1) is 10.9. The molecule has 2 aromatic rings. The monoisotopic (exact) mass is 334 g/mol. The van der Waals surface area contributed by atoms with E-state index in [0.29, 0.717) is 5.69 Å². The van der Waals surface area contributed by atoms with Crippen molar-refractivity contribution in [2.45, 2.75) is 10.9 Å². The van der Waals surface area contributed by atoms with Crippen molar-refractivity contribution in [3.63, 3.8) is 0 Å². The molecule has 23 heavy (non-hydrogen) atoms. The second kappa shape index (κ2) is 7.26. The van der Waals surface area contributed by atoms with Crippen molar-refractivity contribution in [1.82, 2.24) is 5.32 Å². The topological polar surface area (TPSA) is 95.5 Å². The lowest BCUT2D eigenvalue weighted by molar-refractivity contribution is 0.225. The van der Waals surface area contributed by atoms with Gasteiger partial charge in [-0.25, -0.2) is 13.2 Å². The molecule has 0 saturated carbocycles. The Morgan fingerprint density at radius 2 is 1.70 bits per heavy atom. The highest BCUT2D eigenvalue weighted by Gasteiger charge is 2.13. The van der Waals surface area contributed by atoms with Gasteiger partial charge in [0.05, 0.1) is 17.5 Å². The van der Waals surface area contributed by atoms with E-state index in [-0.39, 0.29) is 11.5 Å². The lowest BCUT2D eigenvalue weighted by atomic mass is 10.1. The third-order valence-electron chi connectivity index (χ3n) is 3.23. The highest BCUT2D eigenvalue weighted by atomic mass is 32.2. The van der Waals surface area contributed by atoms with Crippen LogP contribution in [0.1, 0.15) is 11.6 Å². The van der Waals surface area contributed by atoms with Gasteiger partial charge in [0.2, 0.25) is 0 Å². The molecule has 6 nitrogen and oxygen atoms in total. The molecule has 0 saturated heterocycles. The predicted octanol–water partition coefficient (Wildman–Crippen LogP) is 1.95. The van der Waals surface area contributed by atoms with Gasteiger partial charge in [-0.15, -0.1) is 0 Å². The van der Waals surface area contributed by atoms with Crippen molar-refractivity contribution in [2.24, 2.45) is 0 Å². The molecule has 0 spiro atoms. The number of aliphatic hydroxyl groups excluding tert-OH is 1. The summed E-state index contributed by atoms with van der Waals surface area (Å²) in [4.78, 5) is 12.2. The van der Waals surface area contributed by atoms with Crippen molar-refractivity contribution >= 4 is 21.6 Å². The Bertz CT molecular complexity index is 758. The molecule has 0 aliphatic carbocycles. The Morgan fingerprint density at radius 3 is 2.22 bits per heavy atom. The van der Waals surface area contributed by atoms with Crippen LogP contribution in [0.25, 0.3) is 0 Å². The Morgan fingerprint density at radius 1 is 1.09 bits per heavy atom. The fourth-order valence-corrected chi connectivity index (χ4v) is 2.66.